The summed E-state index contributed by atoms with van der Waals surface area (Å²) in [7, 11) is 5.26. The molecule has 2 fully saturated rings. The normalized spacial score (nSPS) is 28.8. The summed E-state index contributed by atoms with van der Waals surface area (Å²) in [6.45, 7) is -1.48. The van der Waals surface area contributed by atoms with Gasteiger partial charge in [0.1, 0.15) is 42.7 Å². The summed E-state index contributed by atoms with van der Waals surface area (Å²) >= 11 is 0. The number of carbonyl (C=O) groups excluding carboxylic acids is 2. The number of hydrogen-bond acceptors (Lipinski definition) is 19. The maximum atomic E-state index is 12.8. The Balaban J connectivity index is 1.45. The van der Waals surface area contributed by atoms with Gasteiger partial charge in [0, 0.05) is 12.2 Å². The highest BCUT2D eigenvalue weighted by atomic mass is 16.7. The van der Waals surface area contributed by atoms with Gasteiger partial charge in [-0.05, 0) is 47.5 Å². The lowest BCUT2D eigenvalue weighted by atomic mass is 9.98. The zero-order chi connectivity index (χ0) is 39.0. The summed E-state index contributed by atoms with van der Waals surface area (Å²) in [4.78, 5) is 25.5. The molecular formula is C34H42O19. The molecule has 10 atom stereocenters. The zero-order valence-electron chi connectivity index (χ0n) is 28.9. The number of hydrogen-bond donors (Lipinski definition) is 8. The number of carbonyl (C=O) groups is 2. The fourth-order valence-electron chi connectivity index (χ4n) is 5.33. The van der Waals surface area contributed by atoms with Crippen molar-refractivity contribution >= 4 is 24.1 Å². The van der Waals surface area contributed by atoms with Crippen LogP contribution in [0.5, 0.6) is 34.5 Å². The van der Waals surface area contributed by atoms with Gasteiger partial charge in [0.2, 0.25) is 17.8 Å². The summed E-state index contributed by atoms with van der Waals surface area (Å²) in [5, 5.41) is 82.8. The molecule has 19 nitrogen and oxygen atoms in total. The highest BCUT2D eigenvalue weighted by molar-refractivity contribution is 5.88. The Bertz CT molecular complexity index is 1580. The van der Waals surface area contributed by atoms with E-state index in [4.69, 9.17) is 42.6 Å². The molecule has 2 aromatic rings. The van der Waals surface area contributed by atoms with Gasteiger partial charge in [-0.2, -0.15) is 0 Å². The molecule has 4 rings (SSSR count). The van der Waals surface area contributed by atoms with Crippen LogP contribution in [0.1, 0.15) is 11.1 Å². The van der Waals surface area contributed by atoms with E-state index in [0.717, 1.165) is 12.2 Å². The van der Waals surface area contributed by atoms with E-state index in [-0.39, 0.29) is 34.5 Å². The first-order valence-corrected chi connectivity index (χ1v) is 15.9. The lowest BCUT2D eigenvalue weighted by molar-refractivity contribution is -0.327. The predicted octanol–water partition coefficient (Wildman–Crippen LogP) is -1.42. The second-order valence-corrected chi connectivity index (χ2v) is 11.6. The second-order valence-electron chi connectivity index (χ2n) is 11.6. The van der Waals surface area contributed by atoms with Crippen LogP contribution in [0, 0.1) is 0 Å². The number of aromatic hydroxyl groups is 2. The molecule has 0 saturated carbocycles. The van der Waals surface area contributed by atoms with Gasteiger partial charge in [0.05, 0.1) is 41.7 Å². The fourth-order valence-corrected chi connectivity index (χ4v) is 5.33. The monoisotopic (exact) mass is 754 g/mol. The molecule has 2 saturated heterocycles. The Morgan fingerprint density at radius 1 is 0.623 bits per heavy atom. The van der Waals surface area contributed by atoms with Crippen LogP contribution in [-0.4, -0.2) is 156 Å². The first-order chi connectivity index (χ1) is 25.3. The first-order valence-electron chi connectivity index (χ1n) is 15.9. The molecule has 0 aromatic heterocycles. The summed E-state index contributed by atoms with van der Waals surface area (Å²) in [6, 6.07) is 5.59. The van der Waals surface area contributed by atoms with Crippen molar-refractivity contribution in [1.82, 2.24) is 0 Å². The van der Waals surface area contributed by atoms with Crippen molar-refractivity contribution in [2.75, 3.05) is 41.7 Å². The molecule has 0 radical (unpaired) electrons. The summed E-state index contributed by atoms with van der Waals surface area (Å²) < 4.78 is 47.5. The number of esters is 2. The molecule has 2 aliphatic heterocycles. The molecule has 2 heterocycles. The molecule has 0 bridgehead atoms. The third-order valence-electron chi connectivity index (χ3n) is 8.23. The number of methoxy groups -OCH3 is 4. The van der Waals surface area contributed by atoms with E-state index in [9.17, 15) is 50.4 Å². The van der Waals surface area contributed by atoms with Crippen LogP contribution in [-0.2, 0) is 33.3 Å². The highest BCUT2D eigenvalue weighted by Crippen LogP contribution is 2.38. The second kappa shape index (κ2) is 18.4. The summed E-state index contributed by atoms with van der Waals surface area (Å²) in [5.74, 6) is -2.42. The van der Waals surface area contributed by atoms with Gasteiger partial charge in [-0.25, -0.2) is 9.59 Å². The molecular weight excluding hydrogens is 712 g/mol. The molecule has 0 aliphatic carbocycles. The number of ether oxygens (including phenoxy) is 9. The SMILES string of the molecule is COc1cc(C=CC(=O)OC2OC(COC3OC(CO)C(O)C(O)C3OC(=O)C=Cc3cc(OC)c(O)c(OC)c3)C(O)C(O)C2O)cc(OC)c1O. The number of aliphatic hydroxyl groups is 6. The van der Waals surface area contributed by atoms with Gasteiger partial charge >= 0.3 is 11.9 Å². The number of aliphatic hydroxyl groups excluding tert-OH is 6. The highest BCUT2D eigenvalue weighted by Gasteiger charge is 2.49. The molecule has 19 heteroatoms. The molecule has 0 spiro atoms. The van der Waals surface area contributed by atoms with Crippen molar-refractivity contribution in [1.29, 1.82) is 0 Å². The Hall–Kier alpha value is -4.70. The van der Waals surface area contributed by atoms with E-state index < -0.39 is 86.6 Å². The fraction of sp³-hybridized carbons (Fsp3) is 0.471. The standard InChI is InChI=1S/C34H42O19/c1-45-17-9-15(10-18(46-2)25(17)38)5-7-23(36)52-32-30(43)27(40)21(13-35)50-34(32)49-14-22-28(41)29(42)31(44)33(51-22)53-24(37)8-6-16-11-19(47-3)26(39)20(12-16)48-4/h5-12,21-22,27-35,38-44H,13-14H2,1-4H3. The van der Waals surface area contributed by atoms with Crippen LogP contribution in [0.2, 0.25) is 0 Å². The Morgan fingerprint density at radius 2 is 1.06 bits per heavy atom. The third-order valence-corrected chi connectivity index (χ3v) is 8.23. The molecule has 0 amide bonds. The number of benzene rings is 2. The van der Waals surface area contributed by atoms with Crippen molar-refractivity contribution in [2.45, 2.75) is 61.4 Å². The van der Waals surface area contributed by atoms with Crippen LogP contribution in [0.4, 0.5) is 0 Å². The van der Waals surface area contributed by atoms with E-state index in [2.05, 4.69) is 0 Å². The Morgan fingerprint density at radius 3 is 1.51 bits per heavy atom. The van der Waals surface area contributed by atoms with E-state index in [1.165, 1.54) is 64.9 Å². The van der Waals surface area contributed by atoms with Crippen LogP contribution in [0.25, 0.3) is 12.2 Å². The van der Waals surface area contributed by atoms with Gasteiger partial charge in [0.25, 0.3) is 0 Å². The lowest BCUT2D eigenvalue weighted by Crippen LogP contribution is -2.62. The quantitative estimate of drug-likeness (QED) is 0.0811. The van der Waals surface area contributed by atoms with Gasteiger partial charge in [0.15, 0.2) is 35.4 Å². The minimum absolute atomic E-state index is 0.0505. The topological polar surface area (TPSA) is 279 Å². The predicted molar refractivity (Wildman–Crippen MR) is 177 cm³/mol. The van der Waals surface area contributed by atoms with E-state index in [1.807, 2.05) is 0 Å². The smallest absolute Gasteiger partial charge is 0.333 e. The largest absolute Gasteiger partial charge is 0.502 e. The van der Waals surface area contributed by atoms with Crippen LogP contribution >= 0.6 is 0 Å². The van der Waals surface area contributed by atoms with Crippen molar-refractivity contribution in [3.05, 3.63) is 47.5 Å². The summed E-state index contributed by atoms with van der Waals surface area (Å²) in [6.07, 6.45) is -12.9. The van der Waals surface area contributed by atoms with Gasteiger partial charge in [-0.1, -0.05) is 0 Å². The molecule has 2 aromatic carbocycles. The Kier molecular flexibility index (Phi) is 14.2. The minimum atomic E-state index is -1.91. The van der Waals surface area contributed by atoms with Gasteiger partial charge in [-0.3, -0.25) is 0 Å². The van der Waals surface area contributed by atoms with Crippen LogP contribution in [0.15, 0.2) is 36.4 Å². The van der Waals surface area contributed by atoms with Crippen molar-refractivity contribution in [3.63, 3.8) is 0 Å². The summed E-state index contributed by atoms with van der Waals surface area (Å²) in [5.41, 5.74) is 0.700. The maximum Gasteiger partial charge on any atom is 0.333 e. The van der Waals surface area contributed by atoms with Crippen molar-refractivity contribution in [2.24, 2.45) is 0 Å². The van der Waals surface area contributed by atoms with Gasteiger partial charge in [-0.15, -0.1) is 0 Å². The van der Waals surface area contributed by atoms with Crippen LogP contribution < -0.4 is 18.9 Å². The molecule has 10 unspecified atom stereocenters. The lowest BCUT2D eigenvalue weighted by Gasteiger charge is -2.43. The third kappa shape index (κ3) is 9.65. The van der Waals surface area contributed by atoms with Crippen LogP contribution in [0.3, 0.4) is 0 Å². The molecule has 292 valence electrons. The van der Waals surface area contributed by atoms with E-state index in [0.29, 0.717) is 11.1 Å². The average Bonchev–Trinajstić information content (AvgIpc) is 3.15. The number of rotatable bonds is 14. The maximum absolute atomic E-state index is 12.8. The number of phenolic OH excluding ortho intramolecular Hbond substituents is 2. The Labute approximate surface area is 302 Å². The molecule has 8 N–H and O–H groups in total. The molecule has 2 aliphatic rings. The molecule has 53 heavy (non-hydrogen) atoms. The first kappa shape index (κ1) is 41.1. The van der Waals surface area contributed by atoms with Crippen molar-refractivity contribution < 1.29 is 93.1 Å². The van der Waals surface area contributed by atoms with Gasteiger partial charge < -0.3 is 83.5 Å². The minimum Gasteiger partial charge on any atom is -0.502 e. The van der Waals surface area contributed by atoms with Crippen molar-refractivity contribution in [3.8, 4) is 34.5 Å². The zero-order valence-corrected chi connectivity index (χ0v) is 28.9. The van der Waals surface area contributed by atoms with E-state index in [1.54, 1.807) is 0 Å². The van der Waals surface area contributed by atoms with E-state index >= 15 is 0 Å². The average molecular weight is 755 g/mol. The number of phenols is 2.